The first-order valence-corrected chi connectivity index (χ1v) is 10.6. The molecule has 29 heavy (non-hydrogen) atoms. The van der Waals surface area contributed by atoms with Crippen LogP contribution >= 0.6 is 0 Å². The van der Waals surface area contributed by atoms with Crippen LogP contribution in [0, 0.1) is 17.8 Å². The number of pyridine rings is 1. The van der Waals surface area contributed by atoms with E-state index in [0.717, 1.165) is 44.3 Å². The molecule has 7 heteroatoms. The molecule has 0 spiro atoms. The van der Waals surface area contributed by atoms with Crippen LogP contribution in [0.25, 0.3) is 11.4 Å². The molecular weight excluding hydrogens is 366 g/mol. The zero-order valence-electron chi connectivity index (χ0n) is 16.5. The highest BCUT2D eigenvalue weighted by atomic mass is 16.5. The average Bonchev–Trinajstić information content (AvgIpc) is 3.68. The summed E-state index contributed by atoms with van der Waals surface area (Å²) in [6.45, 7) is 1.88. The van der Waals surface area contributed by atoms with E-state index in [1.54, 1.807) is 17.1 Å². The van der Waals surface area contributed by atoms with Gasteiger partial charge >= 0.3 is 0 Å². The third kappa shape index (κ3) is 4.58. The van der Waals surface area contributed by atoms with Gasteiger partial charge in [0.25, 0.3) is 0 Å². The predicted molar refractivity (Wildman–Crippen MR) is 107 cm³/mol. The molecule has 0 radical (unpaired) electrons. The quantitative estimate of drug-likeness (QED) is 0.733. The second-order valence-electron chi connectivity index (χ2n) is 8.17. The zero-order valence-corrected chi connectivity index (χ0v) is 16.5. The predicted octanol–water partition coefficient (Wildman–Crippen LogP) is 2.66. The standard InChI is InChI=1S/C22H25N5O2/c28-21(26-10-2-1-3-11-26)15-27-14-19(24-25-27)22-20(29-18-8-9-18)12-17(13-23-22)7-6-16-4-5-16/h12-14,16,18H,1-5,8-11,15H2. The fraction of sp³-hybridized carbons (Fsp3) is 0.545. The van der Waals surface area contributed by atoms with E-state index in [1.807, 2.05) is 11.0 Å². The van der Waals surface area contributed by atoms with Crippen LogP contribution in [0.2, 0.25) is 0 Å². The van der Waals surface area contributed by atoms with Gasteiger partial charge in [0.15, 0.2) is 0 Å². The second-order valence-corrected chi connectivity index (χ2v) is 8.17. The van der Waals surface area contributed by atoms with Gasteiger partial charge in [-0.2, -0.15) is 0 Å². The first kappa shape index (κ1) is 18.2. The van der Waals surface area contributed by atoms with E-state index >= 15 is 0 Å². The Morgan fingerprint density at radius 1 is 1.17 bits per heavy atom. The van der Waals surface area contributed by atoms with E-state index in [9.17, 15) is 4.79 Å². The van der Waals surface area contributed by atoms with Crippen LogP contribution in [-0.2, 0) is 11.3 Å². The molecule has 0 N–H and O–H groups in total. The number of rotatable bonds is 5. The molecule has 2 saturated carbocycles. The summed E-state index contributed by atoms with van der Waals surface area (Å²) in [5.41, 5.74) is 2.14. The van der Waals surface area contributed by atoms with E-state index < -0.39 is 0 Å². The van der Waals surface area contributed by atoms with Gasteiger partial charge in [0.2, 0.25) is 5.91 Å². The zero-order chi connectivity index (χ0) is 19.6. The lowest BCUT2D eigenvalue weighted by molar-refractivity contribution is -0.132. The molecule has 150 valence electrons. The maximum Gasteiger partial charge on any atom is 0.244 e. The number of hydrogen-bond donors (Lipinski definition) is 0. The minimum atomic E-state index is 0.0919. The molecule has 1 aliphatic heterocycles. The summed E-state index contributed by atoms with van der Waals surface area (Å²) < 4.78 is 7.67. The average molecular weight is 391 g/mol. The molecule has 0 bridgehead atoms. The summed E-state index contributed by atoms with van der Waals surface area (Å²) in [6, 6.07) is 1.95. The van der Waals surface area contributed by atoms with E-state index in [-0.39, 0.29) is 18.6 Å². The van der Waals surface area contributed by atoms with Crippen LogP contribution in [0.15, 0.2) is 18.5 Å². The molecule has 0 aromatic carbocycles. The summed E-state index contributed by atoms with van der Waals surface area (Å²) in [5, 5.41) is 8.40. The molecular formula is C22H25N5O2. The summed E-state index contributed by atoms with van der Waals surface area (Å²) in [5.74, 6) is 7.80. The van der Waals surface area contributed by atoms with Crippen molar-refractivity contribution in [3.63, 3.8) is 0 Å². The van der Waals surface area contributed by atoms with Gasteiger partial charge in [-0.3, -0.25) is 4.79 Å². The van der Waals surface area contributed by atoms with Crippen molar-refractivity contribution in [2.75, 3.05) is 13.1 Å². The topological polar surface area (TPSA) is 73.1 Å². The second kappa shape index (κ2) is 7.86. The summed E-state index contributed by atoms with van der Waals surface area (Å²) >= 11 is 0. The van der Waals surface area contributed by atoms with Gasteiger partial charge in [0, 0.05) is 30.8 Å². The minimum absolute atomic E-state index is 0.0919. The van der Waals surface area contributed by atoms with Crippen LogP contribution in [0.5, 0.6) is 5.75 Å². The van der Waals surface area contributed by atoms with Gasteiger partial charge in [-0.05, 0) is 51.0 Å². The van der Waals surface area contributed by atoms with Crippen molar-refractivity contribution in [3.8, 4) is 29.0 Å². The lowest BCUT2D eigenvalue weighted by Crippen LogP contribution is -2.37. The number of hydrogen-bond acceptors (Lipinski definition) is 5. The van der Waals surface area contributed by atoms with Crippen LogP contribution in [0.1, 0.15) is 50.5 Å². The Hall–Kier alpha value is -2.88. The third-order valence-corrected chi connectivity index (χ3v) is 5.46. The molecule has 1 amide bonds. The summed E-state index contributed by atoms with van der Waals surface area (Å²) in [7, 11) is 0. The summed E-state index contributed by atoms with van der Waals surface area (Å²) in [6.07, 6.45) is 11.7. The smallest absolute Gasteiger partial charge is 0.244 e. The summed E-state index contributed by atoms with van der Waals surface area (Å²) in [4.78, 5) is 19.0. The number of piperidine rings is 1. The van der Waals surface area contributed by atoms with Crippen molar-refractivity contribution in [3.05, 3.63) is 24.0 Å². The minimum Gasteiger partial charge on any atom is -0.488 e. The molecule has 5 rings (SSSR count). The van der Waals surface area contributed by atoms with Crippen molar-refractivity contribution >= 4 is 5.91 Å². The number of carbonyl (C=O) groups is 1. The fourth-order valence-electron chi connectivity index (χ4n) is 3.44. The van der Waals surface area contributed by atoms with E-state index in [4.69, 9.17) is 4.74 Å². The first-order valence-electron chi connectivity index (χ1n) is 10.6. The molecule has 3 aliphatic rings. The van der Waals surface area contributed by atoms with E-state index in [0.29, 0.717) is 23.1 Å². The molecule has 3 heterocycles. The molecule has 0 unspecified atom stereocenters. The Labute approximate surface area is 170 Å². The van der Waals surface area contributed by atoms with Gasteiger partial charge < -0.3 is 9.64 Å². The van der Waals surface area contributed by atoms with Crippen LogP contribution in [0.3, 0.4) is 0 Å². The fourth-order valence-corrected chi connectivity index (χ4v) is 3.44. The maximum absolute atomic E-state index is 12.5. The van der Waals surface area contributed by atoms with Gasteiger partial charge in [-0.25, -0.2) is 9.67 Å². The van der Waals surface area contributed by atoms with Gasteiger partial charge in [0.1, 0.15) is 23.7 Å². The highest BCUT2D eigenvalue weighted by molar-refractivity contribution is 5.76. The monoisotopic (exact) mass is 391 g/mol. The number of aromatic nitrogens is 4. The van der Waals surface area contributed by atoms with Crippen molar-refractivity contribution in [1.29, 1.82) is 0 Å². The molecule has 7 nitrogen and oxygen atoms in total. The molecule has 0 atom stereocenters. The van der Waals surface area contributed by atoms with Crippen molar-refractivity contribution in [2.24, 2.45) is 5.92 Å². The van der Waals surface area contributed by atoms with Gasteiger partial charge in [-0.1, -0.05) is 17.1 Å². The Bertz CT molecular complexity index is 959. The van der Waals surface area contributed by atoms with Crippen LogP contribution < -0.4 is 4.74 Å². The Morgan fingerprint density at radius 2 is 2.00 bits per heavy atom. The SMILES string of the molecule is O=C(Cn1cc(-c2ncc(C#CC3CC3)cc2OC2CC2)nn1)N1CCCCC1. The van der Waals surface area contributed by atoms with Crippen LogP contribution in [0.4, 0.5) is 0 Å². The van der Waals surface area contributed by atoms with Gasteiger partial charge in [-0.15, -0.1) is 5.10 Å². The van der Waals surface area contributed by atoms with E-state index in [2.05, 4.69) is 27.1 Å². The lowest BCUT2D eigenvalue weighted by atomic mass is 10.1. The number of likely N-dealkylation sites (tertiary alicyclic amines) is 1. The maximum atomic E-state index is 12.5. The molecule has 2 aliphatic carbocycles. The molecule has 2 aromatic rings. The highest BCUT2D eigenvalue weighted by Crippen LogP contribution is 2.33. The van der Waals surface area contributed by atoms with Crippen LogP contribution in [-0.4, -0.2) is 50.0 Å². The van der Waals surface area contributed by atoms with Crippen molar-refractivity contribution < 1.29 is 9.53 Å². The normalized spacial score (nSPS) is 18.8. The molecule has 1 saturated heterocycles. The number of carbonyl (C=O) groups excluding carboxylic acids is 1. The first-order chi connectivity index (χ1) is 14.2. The Morgan fingerprint density at radius 3 is 2.76 bits per heavy atom. The van der Waals surface area contributed by atoms with Gasteiger partial charge in [0.05, 0.1) is 12.3 Å². The molecule has 3 fully saturated rings. The number of amides is 1. The van der Waals surface area contributed by atoms with Crippen molar-refractivity contribution in [2.45, 2.75) is 57.6 Å². The lowest BCUT2D eigenvalue weighted by Gasteiger charge is -2.26. The van der Waals surface area contributed by atoms with Crippen molar-refractivity contribution in [1.82, 2.24) is 24.9 Å². The third-order valence-electron chi connectivity index (χ3n) is 5.46. The Balaban J connectivity index is 1.34. The number of ether oxygens (including phenoxy) is 1. The highest BCUT2D eigenvalue weighted by Gasteiger charge is 2.26. The molecule has 2 aromatic heterocycles. The largest absolute Gasteiger partial charge is 0.488 e. The Kier molecular flexibility index (Phi) is 4.92. The van der Waals surface area contributed by atoms with E-state index in [1.165, 1.54) is 19.3 Å². The number of nitrogens with zero attached hydrogens (tertiary/aromatic N) is 5.